The van der Waals surface area contributed by atoms with Crippen molar-refractivity contribution in [3.05, 3.63) is 41.7 Å². The lowest BCUT2D eigenvalue weighted by Crippen LogP contribution is -2.41. The molecule has 1 amide bonds. The Morgan fingerprint density at radius 2 is 1.96 bits per heavy atom. The maximum atomic E-state index is 14.1. The van der Waals surface area contributed by atoms with Crippen LogP contribution < -0.4 is 11.1 Å². The van der Waals surface area contributed by atoms with E-state index in [4.69, 9.17) is 5.73 Å². The van der Waals surface area contributed by atoms with Gasteiger partial charge in [0.2, 0.25) is 5.82 Å². The Labute approximate surface area is 147 Å². The zero-order chi connectivity index (χ0) is 18.6. The minimum absolute atomic E-state index is 0.0189. The Kier molecular flexibility index (Phi) is 6.25. The quantitative estimate of drug-likeness (QED) is 0.806. The van der Waals surface area contributed by atoms with Gasteiger partial charge in [-0.2, -0.15) is 0 Å². The van der Waals surface area contributed by atoms with Crippen molar-refractivity contribution >= 4 is 5.91 Å². The van der Waals surface area contributed by atoms with Crippen molar-refractivity contribution in [3.8, 4) is 5.69 Å². The summed E-state index contributed by atoms with van der Waals surface area (Å²) in [5, 5.41) is 7.11. The molecule has 0 radical (unpaired) electrons. The molecular formula is C18H26FN5O. The monoisotopic (exact) mass is 347 g/mol. The standard InChI is InChI=1S/C18H26FN5O/c1-11(2)9-13(10-20)21-18(25)16-22-17(12(3)4)24(23-16)15-8-6-5-7-14(15)19/h5-8,11-13H,9-10,20H2,1-4H3,(H,21,25). The average molecular weight is 347 g/mol. The number of nitrogens with one attached hydrogen (secondary N) is 1. The molecule has 0 aliphatic heterocycles. The summed E-state index contributed by atoms with van der Waals surface area (Å²) < 4.78 is 15.5. The van der Waals surface area contributed by atoms with Gasteiger partial charge in [-0.25, -0.2) is 14.1 Å². The van der Waals surface area contributed by atoms with Gasteiger partial charge >= 0.3 is 0 Å². The van der Waals surface area contributed by atoms with Crippen LogP contribution in [0.15, 0.2) is 24.3 Å². The lowest BCUT2D eigenvalue weighted by atomic mass is 10.0. The van der Waals surface area contributed by atoms with Crippen LogP contribution in [0.2, 0.25) is 0 Å². The van der Waals surface area contributed by atoms with Crippen molar-refractivity contribution in [2.45, 2.75) is 46.1 Å². The van der Waals surface area contributed by atoms with Gasteiger partial charge in [0.25, 0.3) is 5.91 Å². The summed E-state index contributed by atoms with van der Waals surface area (Å²) in [6.07, 6.45) is 0.771. The number of hydrogen-bond acceptors (Lipinski definition) is 4. The molecule has 0 aliphatic carbocycles. The second kappa shape index (κ2) is 8.20. The molecule has 136 valence electrons. The van der Waals surface area contributed by atoms with Crippen LogP contribution in [0.5, 0.6) is 0 Å². The van der Waals surface area contributed by atoms with Crippen LogP contribution in [0.3, 0.4) is 0 Å². The third-order valence-electron chi connectivity index (χ3n) is 3.81. The van der Waals surface area contributed by atoms with Crippen molar-refractivity contribution in [1.82, 2.24) is 20.1 Å². The van der Waals surface area contributed by atoms with Gasteiger partial charge in [0.15, 0.2) is 0 Å². The molecule has 0 aliphatic rings. The SMILES string of the molecule is CC(C)CC(CN)NC(=O)c1nc(C(C)C)n(-c2ccccc2F)n1. The van der Waals surface area contributed by atoms with Gasteiger partial charge in [0.05, 0.1) is 0 Å². The van der Waals surface area contributed by atoms with E-state index in [2.05, 4.69) is 29.2 Å². The number of benzene rings is 1. The predicted molar refractivity (Wildman–Crippen MR) is 95.2 cm³/mol. The summed E-state index contributed by atoms with van der Waals surface area (Å²) in [6.45, 7) is 8.32. The fraction of sp³-hybridized carbons (Fsp3) is 0.500. The molecule has 1 aromatic heterocycles. The van der Waals surface area contributed by atoms with Crippen molar-refractivity contribution in [2.24, 2.45) is 11.7 Å². The lowest BCUT2D eigenvalue weighted by Gasteiger charge is -2.17. The predicted octanol–water partition coefficient (Wildman–Crippen LogP) is 2.63. The summed E-state index contributed by atoms with van der Waals surface area (Å²) in [6, 6.07) is 6.15. The zero-order valence-electron chi connectivity index (χ0n) is 15.2. The second-order valence-electron chi connectivity index (χ2n) is 6.85. The van der Waals surface area contributed by atoms with Crippen LogP contribution >= 0.6 is 0 Å². The molecule has 6 nitrogen and oxygen atoms in total. The third-order valence-corrected chi connectivity index (χ3v) is 3.81. The van der Waals surface area contributed by atoms with Crippen LogP contribution in [-0.4, -0.2) is 33.3 Å². The summed E-state index contributed by atoms with van der Waals surface area (Å²) in [7, 11) is 0. The highest BCUT2D eigenvalue weighted by atomic mass is 19.1. The van der Waals surface area contributed by atoms with E-state index in [9.17, 15) is 9.18 Å². The maximum absolute atomic E-state index is 14.1. The van der Waals surface area contributed by atoms with Gasteiger partial charge in [-0.05, 0) is 24.5 Å². The molecular weight excluding hydrogens is 321 g/mol. The normalized spacial score (nSPS) is 12.6. The summed E-state index contributed by atoms with van der Waals surface area (Å²) in [4.78, 5) is 16.8. The third kappa shape index (κ3) is 4.63. The first-order chi connectivity index (χ1) is 11.8. The minimum Gasteiger partial charge on any atom is -0.345 e. The van der Waals surface area contributed by atoms with Gasteiger partial charge < -0.3 is 11.1 Å². The van der Waals surface area contributed by atoms with Gasteiger partial charge in [0.1, 0.15) is 17.3 Å². The molecule has 1 atom stereocenters. The Morgan fingerprint density at radius 1 is 1.28 bits per heavy atom. The van der Waals surface area contributed by atoms with E-state index in [1.807, 2.05) is 13.8 Å². The molecule has 0 spiro atoms. The largest absolute Gasteiger partial charge is 0.345 e. The molecule has 0 saturated heterocycles. The molecule has 1 aromatic carbocycles. The van der Waals surface area contributed by atoms with E-state index in [-0.39, 0.29) is 23.5 Å². The van der Waals surface area contributed by atoms with Crippen molar-refractivity contribution < 1.29 is 9.18 Å². The molecule has 1 unspecified atom stereocenters. The molecule has 0 fully saturated rings. The highest BCUT2D eigenvalue weighted by Gasteiger charge is 2.22. The first kappa shape index (κ1) is 19.1. The lowest BCUT2D eigenvalue weighted by molar-refractivity contribution is 0.0923. The average Bonchev–Trinajstić information content (AvgIpc) is 2.99. The number of aromatic nitrogens is 3. The van der Waals surface area contributed by atoms with Crippen LogP contribution in [0.1, 0.15) is 56.5 Å². The molecule has 0 saturated carbocycles. The fourth-order valence-corrected chi connectivity index (χ4v) is 2.63. The van der Waals surface area contributed by atoms with Crippen LogP contribution in [0.4, 0.5) is 4.39 Å². The summed E-state index contributed by atoms with van der Waals surface area (Å²) in [5.41, 5.74) is 6.00. The van der Waals surface area contributed by atoms with Gasteiger partial charge in [-0.3, -0.25) is 4.79 Å². The Morgan fingerprint density at radius 3 is 2.52 bits per heavy atom. The Balaban J connectivity index is 2.32. The van der Waals surface area contributed by atoms with Gasteiger partial charge in [0, 0.05) is 18.5 Å². The zero-order valence-corrected chi connectivity index (χ0v) is 15.2. The maximum Gasteiger partial charge on any atom is 0.291 e. The van der Waals surface area contributed by atoms with Crippen LogP contribution in [0, 0.1) is 11.7 Å². The molecule has 0 bridgehead atoms. The first-order valence-corrected chi connectivity index (χ1v) is 8.56. The Bertz CT molecular complexity index is 726. The van der Waals surface area contributed by atoms with Gasteiger partial charge in [-0.1, -0.05) is 39.8 Å². The number of para-hydroxylation sites is 1. The van der Waals surface area contributed by atoms with Gasteiger partial charge in [-0.15, -0.1) is 5.10 Å². The molecule has 2 aromatic rings. The number of hydrogen-bond donors (Lipinski definition) is 2. The number of nitrogens with zero attached hydrogens (tertiary/aromatic N) is 3. The molecule has 1 heterocycles. The van der Waals surface area contributed by atoms with Crippen molar-refractivity contribution in [3.63, 3.8) is 0 Å². The van der Waals surface area contributed by atoms with Crippen LogP contribution in [-0.2, 0) is 0 Å². The summed E-state index contributed by atoms with van der Waals surface area (Å²) >= 11 is 0. The van der Waals surface area contributed by atoms with Crippen molar-refractivity contribution in [2.75, 3.05) is 6.54 Å². The minimum atomic E-state index is -0.416. The van der Waals surface area contributed by atoms with E-state index in [0.29, 0.717) is 18.3 Å². The number of amides is 1. The van der Waals surface area contributed by atoms with Crippen LogP contribution in [0.25, 0.3) is 5.69 Å². The van der Waals surface area contributed by atoms with E-state index in [1.165, 1.54) is 10.7 Å². The number of carbonyl (C=O) groups excluding carboxylic acids is 1. The smallest absolute Gasteiger partial charge is 0.291 e. The fourth-order valence-electron chi connectivity index (χ4n) is 2.63. The highest BCUT2D eigenvalue weighted by Crippen LogP contribution is 2.19. The highest BCUT2D eigenvalue weighted by molar-refractivity contribution is 5.90. The molecule has 25 heavy (non-hydrogen) atoms. The number of nitrogens with two attached hydrogens (primary N) is 1. The number of rotatable bonds is 7. The second-order valence-corrected chi connectivity index (χ2v) is 6.85. The van der Waals surface area contributed by atoms with E-state index < -0.39 is 11.7 Å². The first-order valence-electron chi connectivity index (χ1n) is 8.56. The van der Waals surface area contributed by atoms with Crippen molar-refractivity contribution in [1.29, 1.82) is 0 Å². The Hall–Kier alpha value is -2.28. The molecule has 2 rings (SSSR count). The summed E-state index contributed by atoms with van der Waals surface area (Å²) in [5.74, 6) is 0.130. The topological polar surface area (TPSA) is 85.8 Å². The molecule has 3 N–H and O–H groups in total. The number of halogens is 1. The number of carbonyl (C=O) groups is 1. The van der Waals surface area contributed by atoms with E-state index in [0.717, 1.165) is 6.42 Å². The van der Waals surface area contributed by atoms with E-state index >= 15 is 0 Å². The molecule has 7 heteroatoms. The van der Waals surface area contributed by atoms with E-state index in [1.54, 1.807) is 18.2 Å².